The number of benzene rings is 3. The smallest absolute Gasteiger partial charge is 0.261 e. The molecule has 0 bridgehead atoms. The van der Waals surface area contributed by atoms with Crippen molar-refractivity contribution in [1.82, 2.24) is 4.98 Å². The van der Waals surface area contributed by atoms with Crippen LogP contribution < -0.4 is 9.64 Å². The largest absolute Gasteiger partial charge is 0.497 e. The molecule has 0 unspecified atom stereocenters. The minimum atomic E-state index is -0.155. The average molecular weight is 449 g/mol. The summed E-state index contributed by atoms with van der Waals surface area (Å²) in [6, 6.07) is 24.9. The van der Waals surface area contributed by atoms with Crippen LogP contribution in [0.25, 0.3) is 11.3 Å². The third kappa shape index (κ3) is 4.95. The summed E-state index contributed by atoms with van der Waals surface area (Å²) in [7, 11) is 1.64. The summed E-state index contributed by atoms with van der Waals surface area (Å²) >= 11 is 7.77. The van der Waals surface area contributed by atoms with Crippen molar-refractivity contribution >= 4 is 34.0 Å². The molecule has 0 saturated heterocycles. The molecule has 0 saturated carbocycles. The van der Waals surface area contributed by atoms with Gasteiger partial charge in [0.1, 0.15) is 5.75 Å². The lowest BCUT2D eigenvalue weighted by molar-refractivity contribution is 0.0987. The molecule has 0 atom stereocenters. The predicted octanol–water partition coefficient (Wildman–Crippen LogP) is 6.36. The van der Waals surface area contributed by atoms with E-state index in [1.54, 1.807) is 24.1 Å². The minimum Gasteiger partial charge on any atom is -0.497 e. The fourth-order valence-electron chi connectivity index (χ4n) is 3.23. The number of methoxy groups -OCH3 is 1. The maximum absolute atomic E-state index is 13.4. The molecule has 3 aromatic carbocycles. The van der Waals surface area contributed by atoms with Crippen LogP contribution in [0, 0.1) is 0 Å². The van der Waals surface area contributed by atoms with Crippen molar-refractivity contribution in [2.75, 3.05) is 18.6 Å². The summed E-state index contributed by atoms with van der Waals surface area (Å²) in [4.78, 5) is 19.9. The molecule has 0 N–H and O–H groups in total. The van der Waals surface area contributed by atoms with E-state index in [0.717, 1.165) is 22.6 Å². The number of ether oxygens (including phenoxy) is 1. The summed E-state index contributed by atoms with van der Waals surface area (Å²) < 4.78 is 5.23. The van der Waals surface area contributed by atoms with Gasteiger partial charge in [-0.2, -0.15) is 0 Å². The highest BCUT2D eigenvalue weighted by molar-refractivity contribution is 7.14. The number of aromatic nitrogens is 1. The van der Waals surface area contributed by atoms with Crippen LogP contribution in [0.1, 0.15) is 15.9 Å². The Morgan fingerprint density at radius 2 is 1.71 bits per heavy atom. The number of rotatable bonds is 7. The van der Waals surface area contributed by atoms with Gasteiger partial charge in [-0.1, -0.05) is 54.1 Å². The van der Waals surface area contributed by atoms with E-state index < -0.39 is 0 Å². The van der Waals surface area contributed by atoms with E-state index in [4.69, 9.17) is 21.3 Å². The Kier molecular flexibility index (Phi) is 6.65. The van der Waals surface area contributed by atoms with Gasteiger partial charge in [0.15, 0.2) is 5.13 Å². The summed E-state index contributed by atoms with van der Waals surface area (Å²) in [6.45, 7) is 0.504. The highest BCUT2D eigenvalue weighted by Crippen LogP contribution is 2.30. The van der Waals surface area contributed by atoms with Crippen molar-refractivity contribution in [2.24, 2.45) is 0 Å². The van der Waals surface area contributed by atoms with E-state index in [1.807, 2.05) is 60.0 Å². The molecule has 31 heavy (non-hydrogen) atoms. The Morgan fingerprint density at radius 3 is 2.42 bits per heavy atom. The van der Waals surface area contributed by atoms with E-state index in [9.17, 15) is 4.79 Å². The first-order chi connectivity index (χ1) is 15.2. The topological polar surface area (TPSA) is 42.4 Å². The van der Waals surface area contributed by atoms with Gasteiger partial charge in [0.2, 0.25) is 0 Å². The Morgan fingerprint density at radius 1 is 1.00 bits per heavy atom. The van der Waals surface area contributed by atoms with Crippen molar-refractivity contribution in [2.45, 2.75) is 6.42 Å². The number of hydrogen-bond donors (Lipinski definition) is 0. The zero-order chi connectivity index (χ0) is 21.6. The van der Waals surface area contributed by atoms with Crippen LogP contribution in [0.5, 0.6) is 5.75 Å². The highest BCUT2D eigenvalue weighted by atomic mass is 35.5. The molecule has 1 aromatic heterocycles. The van der Waals surface area contributed by atoms with Crippen molar-refractivity contribution in [3.63, 3.8) is 0 Å². The number of thiazole rings is 1. The highest BCUT2D eigenvalue weighted by Gasteiger charge is 2.23. The standard InChI is InChI=1S/C25H21ClN2O2S/c1-30-20-13-11-19(12-14-20)23-17-31-25(27-23)28(16-15-18-7-3-2-4-8-18)24(29)21-9-5-6-10-22(21)26/h2-14,17H,15-16H2,1H3. The second-order valence-electron chi connectivity index (χ2n) is 6.92. The molecule has 0 spiro atoms. The van der Waals surface area contributed by atoms with Crippen LogP contribution in [0.2, 0.25) is 5.02 Å². The van der Waals surface area contributed by atoms with Gasteiger partial charge < -0.3 is 4.74 Å². The second kappa shape index (κ2) is 9.77. The van der Waals surface area contributed by atoms with Crippen molar-refractivity contribution in [3.05, 3.63) is 100 Å². The number of amides is 1. The quantitative estimate of drug-likeness (QED) is 0.330. The molecule has 0 fully saturated rings. The van der Waals surface area contributed by atoms with Crippen molar-refractivity contribution < 1.29 is 9.53 Å². The van der Waals surface area contributed by atoms with Crippen LogP contribution in [0.3, 0.4) is 0 Å². The number of anilines is 1. The normalized spacial score (nSPS) is 10.6. The maximum Gasteiger partial charge on any atom is 0.261 e. The molecule has 6 heteroatoms. The van der Waals surface area contributed by atoms with Crippen LogP contribution in [0.4, 0.5) is 5.13 Å². The summed E-state index contributed by atoms with van der Waals surface area (Å²) in [5, 5.41) is 3.04. The van der Waals surface area contributed by atoms with Gasteiger partial charge in [-0.15, -0.1) is 11.3 Å². The molecule has 0 aliphatic rings. The molecular formula is C25H21ClN2O2S. The second-order valence-corrected chi connectivity index (χ2v) is 8.16. The van der Waals surface area contributed by atoms with Gasteiger partial charge in [-0.25, -0.2) is 4.98 Å². The monoisotopic (exact) mass is 448 g/mol. The minimum absolute atomic E-state index is 0.155. The third-order valence-corrected chi connectivity index (χ3v) is 6.12. The van der Waals surface area contributed by atoms with Crippen LogP contribution >= 0.6 is 22.9 Å². The molecule has 1 amide bonds. The van der Waals surface area contributed by atoms with Gasteiger partial charge in [0.25, 0.3) is 5.91 Å². The molecule has 4 rings (SSSR count). The number of hydrogen-bond acceptors (Lipinski definition) is 4. The average Bonchev–Trinajstić information content (AvgIpc) is 3.30. The molecule has 156 valence electrons. The first kappa shape index (κ1) is 21.1. The molecular weight excluding hydrogens is 428 g/mol. The number of carbonyl (C=O) groups is 1. The lowest BCUT2D eigenvalue weighted by Crippen LogP contribution is -2.33. The molecule has 4 nitrogen and oxygen atoms in total. The molecule has 0 aliphatic heterocycles. The van der Waals surface area contributed by atoms with Gasteiger partial charge in [0.05, 0.1) is 23.4 Å². The summed E-state index contributed by atoms with van der Waals surface area (Å²) in [5.41, 5.74) is 3.42. The maximum atomic E-state index is 13.4. The van der Waals surface area contributed by atoms with Gasteiger partial charge in [0, 0.05) is 17.5 Å². The Bertz CT molecular complexity index is 1160. The number of halogens is 1. The molecule has 1 heterocycles. The van der Waals surface area contributed by atoms with Crippen molar-refractivity contribution in [1.29, 1.82) is 0 Å². The molecule has 0 aliphatic carbocycles. The van der Waals surface area contributed by atoms with Gasteiger partial charge in [-0.3, -0.25) is 9.69 Å². The van der Waals surface area contributed by atoms with Gasteiger partial charge >= 0.3 is 0 Å². The van der Waals surface area contributed by atoms with E-state index in [-0.39, 0.29) is 5.91 Å². The predicted molar refractivity (Wildman–Crippen MR) is 127 cm³/mol. The fourth-order valence-corrected chi connectivity index (χ4v) is 4.31. The first-order valence-corrected chi connectivity index (χ1v) is 11.1. The number of nitrogens with zero attached hydrogens (tertiary/aromatic N) is 2. The third-order valence-electron chi connectivity index (χ3n) is 4.93. The lowest BCUT2D eigenvalue weighted by Gasteiger charge is -2.20. The Labute approximate surface area is 190 Å². The van der Waals surface area contributed by atoms with E-state index >= 15 is 0 Å². The molecule has 0 radical (unpaired) electrons. The Hall–Kier alpha value is -3.15. The molecule has 4 aromatic rings. The SMILES string of the molecule is COc1ccc(-c2csc(N(CCc3ccccc3)C(=O)c3ccccc3Cl)n2)cc1. The van der Waals surface area contributed by atoms with Crippen LogP contribution in [0.15, 0.2) is 84.2 Å². The summed E-state index contributed by atoms with van der Waals surface area (Å²) in [6.07, 6.45) is 0.717. The van der Waals surface area contributed by atoms with Gasteiger partial charge in [-0.05, 0) is 48.4 Å². The van der Waals surface area contributed by atoms with E-state index in [1.165, 1.54) is 11.3 Å². The Balaban J connectivity index is 1.64. The van der Waals surface area contributed by atoms with E-state index in [2.05, 4.69) is 12.1 Å². The zero-order valence-corrected chi connectivity index (χ0v) is 18.6. The lowest BCUT2D eigenvalue weighted by atomic mass is 10.1. The van der Waals surface area contributed by atoms with Crippen LogP contribution in [-0.2, 0) is 6.42 Å². The zero-order valence-electron chi connectivity index (χ0n) is 17.0. The first-order valence-electron chi connectivity index (χ1n) is 9.86. The van der Waals surface area contributed by atoms with Crippen LogP contribution in [-0.4, -0.2) is 24.5 Å². The van der Waals surface area contributed by atoms with Crippen molar-refractivity contribution in [3.8, 4) is 17.0 Å². The summed E-state index contributed by atoms with van der Waals surface area (Å²) in [5.74, 6) is 0.634. The fraction of sp³-hybridized carbons (Fsp3) is 0.120. The number of carbonyl (C=O) groups excluding carboxylic acids is 1. The van der Waals surface area contributed by atoms with E-state index in [0.29, 0.717) is 28.7 Å².